The molecule has 4 aromatic heterocycles. The van der Waals surface area contributed by atoms with Gasteiger partial charge in [0, 0.05) is 97.5 Å². The lowest BCUT2D eigenvalue weighted by Gasteiger charge is -2.35. The number of rotatable bonds is 15. The van der Waals surface area contributed by atoms with Gasteiger partial charge < -0.3 is 54.8 Å². The highest BCUT2D eigenvalue weighted by Gasteiger charge is 2.25. The molecule has 0 radical (unpaired) electrons. The third-order valence-corrected chi connectivity index (χ3v) is 12.7. The van der Waals surface area contributed by atoms with Crippen LogP contribution in [0.5, 0.6) is 17.2 Å². The van der Waals surface area contributed by atoms with E-state index < -0.39 is 0 Å². The number of hydrogen-bond acceptors (Lipinski definition) is 14. The first-order valence-electron chi connectivity index (χ1n) is 24.1. The number of nitrogens with one attached hydrogen (secondary N) is 5. The molecule has 0 bridgehead atoms. The fourth-order valence-electron chi connectivity index (χ4n) is 8.86. The molecule has 8 aromatic rings. The Balaban J connectivity index is 0.000000179. The van der Waals surface area contributed by atoms with Gasteiger partial charge in [-0.1, -0.05) is 18.2 Å². The number of anilines is 4. The standard InChI is InChI=1S/C29H35N7O2.C25H26N6O3/c1-34(2)11-6-12-35-13-15-36(16-14-35)29(37)23-10-9-22(18-27(23)38-3)31-28-20-30-19-26(33-28)25-17-21-7-4-5-8-24(21)32-25;1-33-18-5-3-16-11-21(28-20(16)13-18)22-14-27-15-24(30-22)29-19-6-4-17(12-23(19)34-2)25(32)31-9-7-26-8-10-31/h4-5,7-10,17-20,32H,6,11-16H2,1-3H3,(H,31,33);3-6,11-15,26,28H,7-10H2,1-2H3,(H,29,30). The summed E-state index contributed by atoms with van der Waals surface area (Å²) in [7, 11) is 9.02. The number of carbonyl (C=O) groups excluding carboxylic acids is 2. The molecule has 18 nitrogen and oxygen atoms in total. The second kappa shape index (κ2) is 22.8. The van der Waals surface area contributed by atoms with Crippen molar-refractivity contribution in [2.45, 2.75) is 6.42 Å². The van der Waals surface area contributed by atoms with E-state index in [-0.39, 0.29) is 11.8 Å². The van der Waals surface area contributed by atoms with Gasteiger partial charge in [-0.3, -0.25) is 24.5 Å². The van der Waals surface area contributed by atoms with Crippen molar-refractivity contribution in [3.05, 3.63) is 127 Å². The highest BCUT2D eigenvalue weighted by Crippen LogP contribution is 2.32. The highest BCUT2D eigenvalue weighted by molar-refractivity contribution is 5.98. The molecule has 0 unspecified atom stereocenters. The van der Waals surface area contributed by atoms with Crippen molar-refractivity contribution < 1.29 is 23.8 Å². The Bertz CT molecular complexity index is 3110. The van der Waals surface area contributed by atoms with Crippen molar-refractivity contribution in [1.82, 2.24) is 54.8 Å². The maximum atomic E-state index is 13.3. The van der Waals surface area contributed by atoms with Gasteiger partial charge in [0.1, 0.15) is 40.3 Å². The Morgan fingerprint density at radius 3 is 1.99 bits per heavy atom. The first-order chi connectivity index (χ1) is 35.1. The molecule has 2 saturated heterocycles. The van der Waals surface area contributed by atoms with Crippen LogP contribution < -0.4 is 30.2 Å². The van der Waals surface area contributed by atoms with E-state index in [4.69, 9.17) is 24.2 Å². The Labute approximate surface area is 418 Å². The summed E-state index contributed by atoms with van der Waals surface area (Å²) in [6.07, 6.45) is 7.91. The first-order valence-corrected chi connectivity index (χ1v) is 24.1. The Hall–Kier alpha value is -8.06. The topological polar surface area (TPSA) is 194 Å². The van der Waals surface area contributed by atoms with E-state index in [1.807, 2.05) is 76.5 Å². The molecular formula is C54H61N13O5. The molecular weight excluding hydrogens is 911 g/mol. The van der Waals surface area contributed by atoms with Crippen molar-refractivity contribution in [3.8, 4) is 40.0 Å². The molecule has 18 heteroatoms. The quantitative estimate of drug-likeness (QED) is 0.0677. The molecule has 0 atom stereocenters. The summed E-state index contributed by atoms with van der Waals surface area (Å²) in [4.78, 5) is 59.5. The van der Waals surface area contributed by atoms with Gasteiger partial charge in [0.15, 0.2) is 0 Å². The van der Waals surface area contributed by atoms with Crippen LogP contribution in [0.15, 0.2) is 116 Å². The largest absolute Gasteiger partial charge is 0.497 e. The average molecular weight is 972 g/mol. The van der Waals surface area contributed by atoms with Crippen LogP contribution in [0.4, 0.5) is 23.0 Å². The van der Waals surface area contributed by atoms with Crippen LogP contribution in [0.1, 0.15) is 27.1 Å². The fraction of sp³-hybridized carbons (Fsp3) is 0.296. The number of para-hydroxylation sites is 1. The first kappa shape index (κ1) is 48.9. The zero-order valence-electron chi connectivity index (χ0n) is 41.4. The third-order valence-electron chi connectivity index (χ3n) is 12.7. The smallest absolute Gasteiger partial charge is 0.257 e. The van der Waals surface area contributed by atoms with Crippen molar-refractivity contribution in [1.29, 1.82) is 0 Å². The van der Waals surface area contributed by atoms with Gasteiger partial charge >= 0.3 is 0 Å². The zero-order chi connectivity index (χ0) is 50.0. The summed E-state index contributed by atoms with van der Waals surface area (Å²) in [6.45, 7) is 8.39. The lowest BCUT2D eigenvalue weighted by molar-refractivity contribution is 0.0630. The second-order valence-corrected chi connectivity index (χ2v) is 17.9. The number of benzene rings is 4. The number of H-pyrrole nitrogens is 2. The van der Waals surface area contributed by atoms with E-state index in [0.29, 0.717) is 58.7 Å². The van der Waals surface area contributed by atoms with Crippen LogP contribution in [-0.4, -0.2) is 162 Å². The van der Waals surface area contributed by atoms with E-state index in [2.05, 4.69) is 71.9 Å². The molecule has 2 aliphatic heterocycles. The van der Waals surface area contributed by atoms with Crippen LogP contribution in [-0.2, 0) is 0 Å². The van der Waals surface area contributed by atoms with Crippen LogP contribution in [0.3, 0.4) is 0 Å². The molecule has 6 heterocycles. The van der Waals surface area contributed by atoms with Crippen LogP contribution in [0.2, 0.25) is 0 Å². The number of amides is 2. The number of nitrogens with zero attached hydrogens (tertiary/aromatic N) is 8. The normalized spacial score (nSPS) is 14.0. The Morgan fingerprint density at radius 1 is 0.639 bits per heavy atom. The molecule has 72 heavy (non-hydrogen) atoms. The third kappa shape index (κ3) is 11.7. The van der Waals surface area contributed by atoms with Gasteiger partial charge in [-0.25, -0.2) is 9.97 Å². The van der Waals surface area contributed by atoms with Gasteiger partial charge in [-0.05, 0) is 94.3 Å². The molecule has 2 aliphatic rings. The molecule has 0 aliphatic carbocycles. The van der Waals surface area contributed by atoms with E-state index in [1.165, 1.54) is 0 Å². The van der Waals surface area contributed by atoms with Crippen LogP contribution in [0, 0.1) is 0 Å². The number of piperazine rings is 2. The monoisotopic (exact) mass is 971 g/mol. The van der Waals surface area contributed by atoms with Gasteiger partial charge in [-0.2, -0.15) is 0 Å². The highest BCUT2D eigenvalue weighted by atomic mass is 16.5. The summed E-state index contributed by atoms with van der Waals surface area (Å²) in [5.74, 6) is 3.05. The molecule has 5 N–H and O–H groups in total. The average Bonchev–Trinajstić information content (AvgIpc) is 4.06. The van der Waals surface area contributed by atoms with E-state index >= 15 is 0 Å². The molecule has 2 amide bonds. The fourth-order valence-corrected chi connectivity index (χ4v) is 8.86. The van der Waals surface area contributed by atoms with Crippen molar-refractivity contribution in [3.63, 3.8) is 0 Å². The number of aromatic nitrogens is 6. The van der Waals surface area contributed by atoms with Gasteiger partial charge in [0.05, 0.1) is 68.8 Å². The Morgan fingerprint density at radius 2 is 1.31 bits per heavy atom. The zero-order valence-corrected chi connectivity index (χ0v) is 41.4. The van der Waals surface area contributed by atoms with E-state index in [0.717, 1.165) is 109 Å². The van der Waals surface area contributed by atoms with Crippen molar-refractivity contribution in [2.75, 3.05) is 112 Å². The summed E-state index contributed by atoms with van der Waals surface area (Å²) in [5, 5.41) is 12.0. The predicted molar refractivity (Wildman–Crippen MR) is 282 cm³/mol. The number of methoxy groups -OCH3 is 3. The van der Waals surface area contributed by atoms with Gasteiger partial charge in [-0.15, -0.1) is 0 Å². The van der Waals surface area contributed by atoms with E-state index in [1.54, 1.807) is 58.2 Å². The number of hydrogen-bond donors (Lipinski definition) is 5. The molecule has 4 aromatic carbocycles. The molecule has 10 rings (SSSR count). The maximum absolute atomic E-state index is 13.3. The van der Waals surface area contributed by atoms with Crippen molar-refractivity contribution >= 4 is 56.6 Å². The lowest BCUT2D eigenvalue weighted by atomic mass is 10.1. The molecule has 0 saturated carbocycles. The number of fused-ring (bicyclic) bond motifs is 2. The number of carbonyl (C=O) groups is 2. The van der Waals surface area contributed by atoms with Crippen LogP contribution in [0.25, 0.3) is 44.6 Å². The molecule has 372 valence electrons. The summed E-state index contributed by atoms with van der Waals surface area (Å²) in [6, 6.07) is 29.0. The SMILES string of the molecule is COc1cc(Nc2cncc(-c3cc4ccccc4[nH]3)n2)ccc1C(=O)N1CCN(CCCN(C)C)CC1.COc1ccc2cc(-c3cncc(Nc4ccc(C(=O)N5CCNCC5)cc4OC)n3)[nH]c2c1. The minimum Gasteiger partial charge on any atom is -0.497 e. The summed E-state index contributed by atoms with van der Waals surface area (Å²) < 4.78 is 16.5. The van der Waals surface area contributed by atoms with Gasteiger partial charge in [0.2, 0.25) is 0 Å². The minimum absolute atomic E-state index is 0.00180. The second-order valence-electron chi connectivity index (χ2n) is 17.9. The number of aromatic amines is 2. The number of ether oxygens (including phenoxy) is 3. The van der Waals surface area contributed by atoms with Gasteiger partial charge in [0.25, 0.3) is 11.8 Å². The van der Waals surface area contributed by atoms with Crippen molar-refractivity contribution in [2.24, 2.45) is 0 Å². The lowest BCUT2D eigenvalue weighted by Crippen LogP contribution is -2.49. The molecule has 2 fully saturated rings. The predicted octanol–water partition coefficient (Wildman–Crippen LogP) is 7.52. The summed E-state index contributed by atoms with van der Waals surface area (Å²) >= 11 is 0. The van der Waals surface area contributed by atoms with E-state index in [9.17, 15) is 9.59 Å². The maximum Gasteiger partial charge on any atom is 0.257 e. The minimum atomic E-state index is 0.00180. The Kier molecular flexibility index (Phi) is 15.5. The van der Waals surface area contributed by atoms with Crippen LogP contribution >= 0.6 is 0 Å². The summed E-state index contributed by atoms with van der Waals surface area (Å²) in [5.41, 5.74) is 7.84. The molecule has 0 spiro atoms.